The molecule has 1 aromatic heterocycles. The zero-order chi connectivity index (χ0) is 13.6. The molecule has 0 fully saturated rings. The number of nitrogens with one attached hydrogen (secondary N) is 1. The van der Waals surface area contributed by atoms with Gasteiger partial charge in [0.25, 0.3) is 0 Å². The monoisotopic (exact) mass is 249 g/mol. The van der Waals surface area contributed by atoms with Crippen molar-refractivity contribution in [1.29, 1.82) is 0 Å². The fourth-order valence-corrected chi connectivity index (χ4v) is 2.70. The van der Waals surface area contributed by atoms with Crippen LogP contribution in [0.15, 0.2) is 6.07 Å². The summed E-state index contributed by atoms with van der Waals surface area (Å²) in [6.45, 7) is 14.8. The minimum atomic E-state index is 0.266. The summed E-state index contributed by atoms with van der Waals surface area (Å²) in [5, 5.41) is 8.31. The number of hydrogen-bond donors (Lipinski definition) is 1. The quantitative estimate of drug-likeness (QED) is 0.818. The third-order valence-electron chi connectivity index (χ3n) is 3.52. The highest BCUT2D eigenvalue weighted by Crippen LogP contribution is 2.38. The lowest BCUT2D eigenvalue weighted by molar-refractivity contribution is 0.209. The minimum Gasteiger partial charge on any atom is -0.370 e. The first-order valence-corrected chi connectivity index (χ1v) is 6.99. The van der Waals surface area contributed by atoms with Crippen molar-refractivity contribution in [1.82, 2.24) is 9.78 Å². The molecule has 1 aromatic rings. The number of nitrogens with zero attached hydrogens (tertiary/aromatic N) is 2. The van der Waals surface area contributed by atoms with Crippen LogP contribution in [-0.4, -0.2) is 16.3 Å². The lowest BCUT2D eigenvalue weighted by atomic mass is 9.84. The first-order valence-electron chi connectivity index (χ1n) is 6.99. The van der Waals surface area contributed by atoms with E-state index in [-0.39, 0.29) is 5.41 Å². The molecule has 0 radical (unpaired) electrons. The van der Waals surface area contributed by atoms with Gasteiger partial charge in [0, 0.05) is 12.6 Å². The van der Waals surface area contributed by atoms with Crippen molar-refractivity contribution in [2.75, 3.05) is 11.9 Å². The Morgan fingerprint density at radius 3 is 2.50 bits per heavy atom. The molecule has 1 atom stereocenters. The summed E-state index contributed by atoms with van der Waals surface area (Å²) < 4.78 is 2.21. The molecule has 0 saturated heterocycles. The van der Waals surface area contributed by atoms with E-state index in [9.17, 15) is 0 Å². The van der Waals surface area contributed by atoms with Gasteiger partial charge in [-0.1, -0.05) is 41.5 Å². The van der Waals surface area contributed by atoms with Gasteiger partial charge in [-0.2, -0.15) is 5.10 Å². The molecule has 0 aliphatic carbocycles. The second kappa shape index (κ2) is 4.29. The van der Waals surface area contributed by atoms with Gasteiger partial charge in [0.15, 0.2) is 0 Å². The van der Waals surface area contributed by atoms with E-state index in [1.54, 1.807) is 0 Å². The highest BCUT2D eigenvalue weighted by atomic mass is 15.4. The third kappa shape index (κ3) is 2.88. The van der Waals surface area contributed by atoms with Gasteiger partial charge in [-0.25, -0.2) is 4.68 Å². The smallest absolute Gasteiger partial charge is 0.124 e. The summed E-state index contributed by atoms with van der Waals surface area (Å²) in [7, 11) is 0. The molecule has 0 aromatic carbocycles. The highest BCUT2D eigenvalue weighted by molar-refractivity contribution is 5.39. The van der Waals surface area contributed by atoms with Gasteiger partial charge in [-0.05, 0) is 23.7 Å². The molecular weight excluding hydrogens is 222 g/mol. The van der Waals surface area contributed by atoms with E-state index in [2.05, 4.69) is 57.6 Å². The van der Waals surface area contributed by atoms with Gasteiger partial charge in [-0.15, -0.1) is 0 Å². The molecule has 2 rings (SSSR count). The summed E-state index contributed by atoms with van der Waals surface area (Å²) in [5.74, 6) is 1.19. The van der Waals surface area contributed by atoms with Crippen molar-refractivity contribution in [2.24, 2.45) is 10.8 Å². The molecule has 0 amide bonds. The van der Waals surface area contributed by atoms with Crippen molar-refractivity contribution in [3.05, 3.63) is 11.8 Å². The fourth-order valence-electron chi connectivity index (χ4n) is 2.70. The molecule has 0 spiro atoms. The summed E-state index contributed by atoms with van der Waals surface area (Å²) in [6.07, 6.45) is 2.19. The SMILES string of the molecule is CC(C)(C)Cc1cc2n(n1)C(C(C)(C)C)CCN2. The lowest BCUT2D eigenvalue weighted by Crippen LogP contribution is -2.32. The van der Waals surface area contributed by atoms with Gasteiger partial charge in [-0.3, -0.25) is 0 Å². The van der Waals surface area contributed by atoms with Crippen molar-refractivity contribution in [3.63, 3.8) is 0 Å². The topological polar surface area (TPSA) is 29.9 Å². The van der Waals surface area contributed by atoms with Crippen molar-refractivity contribution in [2.45, 2.75) is 60.4 Å². The zero-order valence-electron chi connectivity index (χ0n) is 12.7. The molecule has 1 aliphatic heterocycles. The van der Waals surface area contributed by atoms with Crippen LogP contribution >= 0.6 is 0 Å². The number of rotatable bonds is 1. The highest BCUT2D eigenvalue weighted by Gasteiger charge is 2.31. The number of anilines is 1. The Morgan fingerprint density at radius 1 is 1.28 bits per heavy atom. The van der Waals surface area contributed by atoms with Crippen LogP contribution in [0.5, 0.6) is 0 Å². The van der Waals surface area contributed by atoms with E-state index in [0.29, 0.717) is 11.5 Å². The number of hydrogen-bond acceptors (Lipinski definition) is 2. The predicted octanol–water partition coefficient (Wildman–Crippen LogP) is 3.87. The molecule has 3 nitrogen and oxygen atoms in total. The zero-order valence-corrected chi connectivity index (χ0v) is 12.7. The van der Waals surface area contributed by atoms with Crippen LogP contribution in [-0.2, 0) is 6.42 Å². The number of aromatic nitrogens is 2. The number of fused-ring (bicyclic) bond motifs is 1. The van der Waals surface area contributed by atoms with E-state index in [1.165, 1.54) is 11.5 Å². The largest absolute Gasteiger partial charge is 0.370 e. The third-order valence-corrected chi connectivity index (χ3v) is 3.52. The summed E-state index contributed by atoms with van der Waals surface area (Å²) in [5.41, 5.74) is 1.77. The Morgan fingerprint density at radius 2 is 1.94 bits per heavy atom. The van der Waals surface area contributed by atoms with Gasteiger partial charge in [0.05, 0.1) is 11.7 Å². The first kappa shape index (κ1) is 13.4. The standard InChI is InChI=1S/C15H27N3/c1-14(2,3)10-11-9-13-16-8-7-12(15(4,5)6)18(13)17-11/h9,12,16H,7-8,10H2,1-6H3. The van der Waals surface area contributed by atoms with Gasteiger partial charge in [0.2, 0.25) is 0 Å². The molecule has 18 heavy (non-hydrogen) atoms. The van der Waals surface area contributed by atoms with Crippen LogP contribution in [0.3, 0.4) is 0 Å². The van der Waals surface area contributed by atoms with Crippen molar-refractivity contribution in [3.8, 4) is 0 Å². The van der Waals surface area contributed by atoms with E-state index >= 15 is 0 Å². The molecule has 0 bridgehead atoms. The maximum absolute atomic E-state index is 4.84. The molecule has 3 heteroatoms. The van der Waals surface area contributed by atoms with Crippen LogP contribution in [0, 0.1) is 10.8 Å². The molecule has 1 aliphatic rings. The fraction of sp³-hybridized carbons (Fsp3) is 0.800. The normalized spacial score (nSPS) is 20.4. The molecule has 102 valence electrons. The first-order chi connectivity index (χ1) is 8.17. The lowest BCUT2D eigenvalue weighted by Gasteiger charge is -2.35. The molecule has 1 unspecified atom stereocenters. The Labute approximate surface area is 111 Å². The predicted molar refractivity (Wildman–Crippen MR) is 77.0 cm³/mol. The average molecular weight is 249 g/mol. The molecule has 2 heterocycles. The summed E-state index contributed by atoms with van der Waals surface area (Å²) >= 11 is 0. The maximum Gasteiger partial charge on any atom is 0.124 e. The average Bonchev–Trinajstić information content (AvgIpc) is 2.53. The van der Waals surface area contributed by atoms with E-state index in [4.69, 9.17) is 5.10 Å². The van der Waals surface area contributed by atoms with Gasteiger partial charge < -0.3 is 5.32 Å². The Balaban J connectivity index is 2.29. The Bertz CT molecular complexity index is 418. The van der Waals surface area contributed by atoms with Gasteiger partial charge >= 0.3 is 0 Å². The van der Waals surface area contributed by atoms with Crippen LogP contribution < -0.4 is 5.32 Å². The summed E-state index contributed by atoms with van der Waals surface area (Å²) in [6, 6.07) is 2.73. The van der Waals surface area contributed by atoms with Crippen LogP contribution in [0.25, 0.3) is 0 Å². The summed E-state index contributed by atoms with van der Waals surface area (Å²) in [4.78, 5) is 0. The Hall–Kier alpha value is -0.990. The molecular formula is C15H27N3. The van der Waals surface area contributed by atoms with Crippen LogP contribution in [0.2, 0.25) is 0 Å². The van der Waals surface area contributed by atoms with Crippen LogP contribution in [0.4, 0.5) is 5.82 Å². The van der Waals surface area contributed by atoms with E-state index < -0.39 is 0 Å². The van der Waals surface area contributed by atoms with Crippen molar-refractivity contribution < 1.29 is 0 Å². The van der Waals surface area contributed by atoms with Crippen LogP contribution in [0.1, 0.15) is 59.7 Å². The van der Waals surface area contributed by atoms with Crippen molar-refractivity contribution >= 4 is 5.82 Å². The molecule has 0 saturated carbocycles. The van der Waals surface area contributed by atoms with E-state index in [0.717, 1.165) is 19.4 Å². The van der Waals surface area contributed by atoms with Gasteiger partial charge in [0.1, 0.15) is 5.82 Å². The molecule has 1 N–H and O–H groups in total. The van der Waals surface area contributed by atoms with E-state index in [1.807, 2.05) is 0 Å². The Kier molecular flexibility index (Phi) is 3.20. The minimum absolute atomic E-state index is 0.266. The second-order valence-corrected chi connectivity index (χ2v) is 7.80. The maximum atomic E-state index is 4.84. The second-order valence-electron chi connectivity index (χ2n) is 7.80.